The van der Waals surface area contributed by atoms with E-state index in [4.69, 9.17) is 10.00 Å². The van der Waals surface area contributed by atoms with Crippen molar-refractivity contribution in [3.63, 3.8) is 0 Å². The van der Waals surface area contributed by atoms with Crippen molar-refractivity contribution in [2.24, 2.45) is 0 Å². The Hall–Kier alpha value is -0.630. The van der Waals surface area contributed by atoms with Gasteiger partial charge in [-0.15, -0.1) is 0 Å². The molecule has 0 aromatic rings. The average Bonchev–Trinajstić information content (AvgIpc) is 2.19. The number of nitrogens with zero attached hydrogens (tertiary/aromatic N) is 2. The van der Waals surface area contributed by atoms with Crippen molar-refractivity contribution in [1.82, 2.24) is 10.2 Å². The fraction of sp³-hybridized carbons (Fsp3) is 0.889. The molecule has 0 saturated carbocycles. The lowest BCUT2D eigenvalue weighted by molar-refractivity contribution is 0.00116. The van der Waals surface area contributed by atoms with Crippen molar-refractivity contribution in [2.75, 3.05) is 39.3 Å². The van der Waals surface area contributed by atoms with Gasteiger partial charge in [0, 0.05) is 26.2 Å². The van der Waals surface area contributed by atoms with Crippen LogP contribution in [0.15, 0.2) is 0 Å². The minimum atomic E-state index is -0.227. The van der Waals surface area contributed by atoms with Crippen LogP contribution in [0.5, 0.6) is 0 Å². The molecule has 13 heavy (non-hydrogen) atoms. The fourth-order valence-corrected chi connectivity index (χ4v) is 1.40. The van der Waals surface area contributed by atoms with E-state index in [1.54, 1.807) is 0 Å². The summed E-state index contributed by atoms with van der Waals surface area (Å²) in [7, 11) is 0. The zero-order chi connectivity index (χ0) is 9.52. The highest BCUT2D eigenvalue weighted by atomic mass is 16.5. The summed E-state index contributed by atoms with van der Waals surface area (Å²) in [5, 5.41) is 11.9. The number of ether oxygens (including phenoxy) is 1. The maximum Gasteiger partial charge on any atom is 0.156 e. The van der Waals surface area contributed by atoms with Crippen LogP contribution in [0.3, 0.4) is 0 Å². The highest BCUT2D eigenvalue weighted by Gasteiger charge is 2.18. The van der Waals surface area contributed by atoms with Gasteiger partial charge >= 0.3 is 0 Å². The molecule has 0 aromatic heterocycles. The van der Waals surface area contributed by atoms with Crippen LogP contribution in [-0.2, 0) is 4.74 Å². The second kappa shape index (κ2) is 5.92. The molecule has 1 fully saturated rings. The molecule has 0 spiro atoms. The SMILES string of the molecule is CCNCCN1CCOC(C#N)C1. The summed E-state index contributed by atoms with van der Waals surface area (Å²) >= 11 is 0. The largest absolute Gasteiger partial charge is 0.361 e. The lowest BCUT2D eigenvalue weighted by Crippen LogP contribution is -2.44. The lowest BCUT2D eigenvalue weighted by atomic mass is 10.3. The summed E-state index contributed by atoms with van der Waals surface area (Å²) in [6.07, 6.45) is -0.227. The standard InChI is InChI=1S/C9H17N3O/c1-2-11-3-4-12-5-6-13-9(7-10)8-12/h9,11H,2-6,8H2,1H3. The van der Waals surface area contributed by atoms with Crippen molar-refractivity contribution in [3.8, 4) is 6.07 Å². The lowest BCUT2D eigenvalue weighted by Gasteiger charge is -2.29. The highest BCUT2D eigenvalue weighted by Crippen LogP contribution is 2.02. The summed E-state index contributed by atoms with van der Waals surface area (Å²) < 4.78 is 5.24. The Morgan fingerprint density at radius 3 is 3.23 bits per heavy atom. The Morgan fingerprint density at radius 2 is 2.54 bits per heavy atom. The molecule has 74 valence electrons. The first-order chi connectivity index (χ1) is 6.36. The maximum absolute atomic E-state index is 8.66. The normalized spacial score (nSPS) is 24.2. The van der Waals surface area contributed by atoms with Crippen LogP contribution in [0.25, 0.3) is 0 Å². The quantitative estimate of drug-likeness (QED) is 0.614. The minimum absolute atomic E-state index is 0.227. The third-order valence-corrected chi connectivity index (χ3v) is 2.15. The fourth-order valence-electron chi connectivity index (χ4n) is 1.40. The van der Waals surface area contributed by atoms with Crippen LogP contribution in [-0.4, -0.2) is 50.3 Å². The van der Waals surface area contributed by atoms with Crippen LogP contribution < -0.4 is 5.32 Å². The third-order valence-electron chi connectivity index (χ3n) is 2.15. The summed E-state index contributed by atoms with van der Waals surface area (Å²) in [4.78, 5) is 2.26. The van der Waals surface area contributed by atoms with Gasteiger partial charge in [0.1, 0.15) is 0 Å². The zero-order valence-corrected chi connectivity index (χ0v) is 8.12. The topological polar surface area (TPSA) is 48.3 Å². The van der Waals surface area contributed by atoms with Gasteiger partial charge in [-0.25, -0.2) is 0 Å². The molecule has 4 nitrogen and oxygen atoms in total. The van der Waals surface area contributed by atoms with E-state index in [9.17, 15) is 0 Å². The molecule has 1 aliphatic rings. The summed E-state index contributed by atoms with van der Waals surface area (Å²) in [5.41, 5.74) is 0. The number of nitriles is 1. The smallest absolute Gasteiger partial charge is 0.156 e. The first-order valence-corrected chi connectivity index (χ1v) is 4.81. The van der Waals surface area contributed by atoms with Gasteiger partial charge in [-0.05, 0) is 6.54 Å². The number of hydrogen-bond donors (Lipinski definition) is 1. The van der Waals surface area contributed by atoms with Crippen LogP contribution in [0.4, 0.5) is 0 Å². The molecule has 0 bridgehead atoms. The zero-order valence-electron chi connectivity index (χ0n) is 8.12. The minimum Gasteiger partial charge on any atom is -0.361 e. The number of nitrogens with one attached hydrogen (secondary N) is 1. The van der Waals surface area contributed by atoms with Crippen molar-refractivity contribution in [1.29, 1.82) is 5.26 Å². The van der Waals surface area contributed by atoms with Crippen LogP contribution >= 0.6 is 0 Å². The van der Waals surface area contributed by atoms with E-state index >= 15 is 0 Å². The van der Waals surface area contributed by atoms with E-state index in [1.165, 1.54) is 0 Å². The Bertz CT molecular complexity index is 178. The number of rotatable bonds is 4. The van der Waals surface area contributed by atoms with Crippen molar-refractivity contribution < 1.29 is 4.74 Å². The number of hydrogen-bond acceptors (Lipinski definition) is 4. The first-order valence-electron chi connectivity index (χ1n) is 4.81. The molecular formula is C9H17N3O. The molecule has 0 amide bonds. The highest BCUT2D eigenvalue weighted by molar-refractivity contribution is 4.89. The van der Waals surface area contributed by atoms with E-state index < -0.39 is 0 Å². The summed E-state index contributed by atoms with van der Waals surface area (Å²) in [6.45, 7) is 7.49. The van der Waals surface area contributed by atoms with Gasteiger partial charge in [0.25, 0.3) is 0 Å². The Morgan fingerprint density at radius 1 is 1.69 bits per heavy atom. The second-order valence-electron chi connectivity index (χ2n) is 3.14. The van der Waals surface area contributed by atoms with Gasteiger partial charge in [0.2, 0.25) is 0 Å². The monoisotopic (exact) mass is 183 g/mol. The van der Waals surface area contributed by atoms with Crippen molar-refractivity contribution in [3.05, 3.63) is 0 Å². The molecule has 0 aromatic carbocycles. The second-order valence-corrected chi connectivity index (χ2v) is 3.14. The van der Waals surface area contributed by atoms with E-state index in [0.717, 1.165) is 32.7 Å². The molecule has 0 aliphatic carbocycles. The van der Waals surface area contributed by atoms with Gasteiger partial charge in [-0.3, -0.25) is 4.90 Å². The Kier molecular flexibility index (Phi) is 4.76. The van der Waals surface area contributed by atoms with E-state index in [2.05, 4.69) is 23.2 Å². The molecule has 1 rings (SSSR count). The summed E-state index contributed by atoms with van der Waals surface area (Å²) in [5.74, 6) is 0. The third kappa shape index (κ3) is 3.73. The van der Waals surface area contributed by atoms with Crippen molar-refractivity contribution in [2.45, 2.75) is 13.0 Å². The van der Waals surface area contributed by atoms with Gasteiger partial charge in [-0.2, -0.15) is 5.26 Å². The van der Waals surface area contributed by atoms with Gasteiger partial charge in [0.05, 0.1) is 12.7 Å². The molecule has 1 N–H and O–H groups in total. The molecule has 1 unspecified atom stereocenters. The van der Waals surface area contributed by atoms with Crippen LogP contribution in [0.2, 0.25) is 0 Å². The molecule has 1 saturated heterocycles. The van der Waals surface area contributed by atoms with Gasteiger partial charge in [-0.1, -0.05) is 6.92 Å². The molecule has 1 atom stereocenters. The van der Waals surface area contributed by atoms with Crippen LogP contribution in [0.1, 0.15) is 6.92 Å². The molecule has 1 heterocycles. The van der Waals surface area contributed by atoms with E-state index in [0.29, 0.717) is 6.61 Å². The Labute approximate surface area is 79.5 Å². The molecule has 1 aliphatic heterocycles. The van der Waals surface area contributed by atoms with Crippen LogP contribution in [0, 0.1) is 11.3 Å². The van der Waals surface area contributed by atoms with E-state index in [1.807, 2.05) is 0 Å². The predicted octanol–water partition coefficient (Wildman–Crippen LogP) is -0.180. The van der Waals surface area contributed by atoms with E-state index in [-0.39, 0.29) is 6.10 Å². The summed E-state index contributed by atoms with van der Waals surface area (Å²) in [6, 6.07) is 2.14. The van der Waals surface area contributed by atoms with Gasteiger partial charge in [0.15, 0.2) is 6.10 Å². The average molecular weight is 183 g/mol. The molecule has 4 heteroatoms. The molecule has 0 radical (unpaired) electrons. The predicted molar refractivity (Wildman–Crippen MR) is 50.3 cm³/mol. The first kappa shape index (κ1) is 10.5. The maximum atomic E-state index is 8.66. The van der Waals surface area contributed by atoms with Crippen molar-refractivity contribution >= 4 is 0 Å². The van der Waals surface area contributed by atoms with Gasteiger partial charge < -0.3 is 10.1 Å². The number of morpholine rings is 1. The Balaban J connectivity index is 2.15. The number of likely N-dealkylation sites (N-methyl/N-ethyl adjacent to an activating group) is 1. The molecular weight excluding hydrogens is 166 g/mol.